The molecule has 0 bridgehead atoms. The molecule has 0 atom stereocenters. The molecule has 0 aliphatic carbocycles. The first kappa shape index (κ1) is 48.4. The number of amides is 5. The Morgan fingerprint density at radius 3 is 1.83 bits per heavy atom. The molecular weight excluding hydrogens is 771 g/mol. The molecule has 60 heavy (non-hydrogen) atoms. The largest absolute Gasteiger partial charge is 0.444 e. The van der Waals surface area contributed by atoms with E-state index in [9.17, 15) is 24.0 Å². The second-order valence-electron chi connectivity index (χ2n) is 18.3. The summed E-state index contributed by atoms with van der Waals surface area (Å²) in [5.41, 5.74) is 1.99. The van der Waals surface area contributed by atoms with Crippen molar-refractivity contribution in [1.82, 2.24) is 20.4 Å². The molecule has 2 aromatic carbocycles. The van der Waals surface area contributed by atoms with Crippen molar-refractivity contribution in [3.63, 3.8) is 0 Å². The van der Waals surface area contributed by atoms with Gasteiger partial charge in [0.1, 0.15) is 22.4 Å². The molecule has 16 heteroatoms. The minimum Gasteiger partial charge on any atom is -0.444 e. The van der Waals surface area contributed by atoms with Gasteiger partial charge in [-0.05, 0) is 149 Å². The summed E-state index contributed by atoms with van der Waals surface area (Å²) >= 11 is 0. The molecule has 0 saturated heterocycles. The van der Waals surface area contributed by atoms with Crippen LogP contribution in [0.4, 0.5) is 24.9 Å². The number of hydrogen-bond donors (Lipinski definition) is 3. The van der Waals surface area contributed by atoms with Crippen LogP contribution in [0, 0.1) is 6.92 Å². The number of benzene rings is 2. The number of ether oxygens (including phenoxy) is 4. The summed E-state index contributed by atoms with van der Waals surface area (Å²) < 4.78 is 21.5. The topological polar surface area (TPSA) is 190 Å². The van der Waals surface area contributed by atoms with Gasteiger partial charge in [-0.25, -0.2) is 19.2 Å². The third-order valence-corrected chi connectivity index (χ3v) is 8.03. The first-order chi connectivity index (χ1) is 27.6. The maximum Gasteiger partial charge on any atom is 0.437 e. The van der Waals surface area contributed by atoms with Crippen molar-refractivity contribution < 1.29 is 42.9 Å². The second kappa shape index (κ2) is 19.9. The fraction of sp³-hybridized carbons (Fsp3) is 0.523. The molecule has 5 amide bonds. The highest BCUT2D eigenvalue weighted by Gasteiger charge is 2.27. The highest BCUT2D eigenvalue weighted by atomic mass is 16.6. The van der Waals surface area contributed by atoms with E-state index >= 15 is 0 Å². The molecule has 0 spiro atoms. The third-order valence-electron chi connectivity index (χ3n) is 8.03. The van der Waals surface area contributed by atoms with Crippen LogP contribution in [0.5, 0.6) is 0 Å². The average molecular weight is 834 g/mol. The third kappa shape index (κ3) is 17.1. The summed E-state index contributed by atoms with van der Waals surface area (Å²) in [4.78, 5) is 74.6. The summed E-state index contributed by atoms with van der Waals surface area (Å²) in [7, 11) is 1.45. The van der Waals surface area contributed by atoms with Gasteiger partial charge >= 0.3 is 24.4 Å². The lowest BCUT2D eigenvalue weighted by atomic mass is 9.95. The van der Waals surface area contributed by atoms with E-state index in [1.54, 1.807) is 100 Å². The monoisotopic (exact) mass is 833 g/mol. The Bertz CT molecular complexity index is 1980. The van der Waals surface area contributed by atoms with Gasteiger partial charge in [-0.3, -0.25) is 15.0 Å². The lowest BCUT2D eigenvalue weighted by Gasteiger charge is -2.30. The number of hydrogen-bond acceptors (Lipinski definition) is 9. The zero-order valence-corrected chi connectivity index (χ0v) is 37.6. The first-order valence-corrected chi connectivity index (χ1v) is 19.9. The van der Waals surface area contributed by atoms with Crippen LogP contribution in [0.3, 0.4) is 0 Å². The van der Waals surface area contributed by atoms with Crippen molar-refractivity contribution in [2.75, 3.05) is 32.0 Å². The van der Waals surface area contributed by atoms with Gasteiger partial charge in [0, 0.05) is 37.9 Å². The van der Waals surface area contributed by atoms with Gasteiger partial charge in [-0.15, -0.1) is 9.98 Å². The molecule has 0 fully saturated rings. The van der Waals surface area contributed by atoms with E-state index in [1.165, 1.54) is 7.05 Å². The Morgan fingerprint density at radius 1 is 0.750 bits per heavy atom. The van der Waals surface area contributed by atoms with Gasteiger partial charge in [-0.2, -0.15) is 0 Å². The molecular formula is C44H63N7O9. The van der Waals surface area contributed by atoms with Crippen molar-refractivity contribution in [3.8, 4) is 0 Å². The summed E-state index contributed by atoms with van der Waals surface area (Å²) in [6, 6.07) is 12.8. The number of nitrogens with one attached hydrogen (secondary N) is 3. The van der Waals surface area contributed by atoms with Crippen molar-refractivity contribution in [2.45, 2.75) is 125 Å². The molecule has 2 aromatic rings. The van der Waals surface area contributed by atoms with E-state index in [0.29, 0.717) is 43.7 Å². The molecule has 3 N–H and O–H groups in total. The molecule has 0 radical (unpaired) electrons. The van der Waals surface area contributed by atoms with Crippen LogP contribution < -0.4 is 16.0 Å². The number of carbonyl (C=O) groups is 5. The Balaban J connectivity index is 1.65. The minimum absolute atomic E-state index is 0.0240. The smallest absolute Gasteiger partial charge is 0.437 e. The van der Waals surface area contributed by atoms with E-state index in [0.717, 1.165) is 27.2 Å². The highest BCUT2D eigenvalue weighted by Crippen LogP contribution is 2.28. The Kier molecular flexibility index (Phi) is 16.1. The van der Waals surface area contributed by atoms with Crippen LogP contribution in [0.2, 0.25) is 0 Å². The van der Waals surface area contributed by atoms with Gasteiger partial charge < -0.3 is 34.5 Å². The van der Waals surface area contributed by atoms with E-state index in [1.807, 2.05) is 43.3 Å². The predicted molar refractivity (Wildman–Crippen MR) is 232 cm³/mol. The molecule has 0 aromatic heterocycles. The lowest BCUT2D eigenvalue weighted by Crippen LogP contribution is -2.48. The molecule has 16 nitrogen and oxygen atoms in total. The number of carbonyl (C=O) groups excluding carboxylic acids is 5. The fourth-order valence-corrected chi connectivity index (χ4v) is 5.52. The fourth-order valence-electron chi connectivity index (χ4n) is 5.52. The summed E-state index contributed by atoms with van der Waals surface area (Å²) in [5, 5.41) is 8.62. The number of alkyl carbamates (subject to hydrolysis) is 1. The molecule has 1 aliphatic heterocycles. The van der Waals surface area contributed by atoms with E-state index < -0.39 is 46.8 Å². The molecule has 328 valence electrons. The van der Waals surface area contributed by atoms with Crippen LogP contribution in [0.25, 0.3) is 5.57 Å². The summed E-state index contributed by atoms with van der Waals surface area (Å²) in [5.74, 6) is -0.265. The first-order valence-electron chi connectivity index (χ1n) is 19.9. The quantitative estimate of drug-likeness (QED) is 0.144. The maximum atomic E-state index is 13.2. The van der Waals surface area contributed by atoms with Crippen molar-refractivity contribution in [2.24, 2.45) is 9.98 Å². The van der Waals surface area contributed by atoms with Crippen LogP contribution in [0.1, 0.15) is 117 Å². The molecule has 0 unspecified atom stereocenters. The van der Waals surface area contributed by atoms with Gasteiger partial charge in [0.2, 0.25) is 11.9 Å². The van der Waals surface area contributed by atoms with Gasteiger partial charge in [0.15, 0.2) is 0 Å². The maximum absolute atomic E-state index is 13.2. The standard InChI is InChI=1S/C44H63N7O9/c1-28-27-32(19-20-33(28)30-22-25-51(26-23-30)36(48-38(54)58-42(5,6)7)49-39(55)59-43(8,9)10)46-34(52)31-17-15-29(16-18-31)21-24-45-35(47-37(53)57-41(2,3)4)50(14)40(56)60-44(11,12)13/h15-20,22,27H,21,23-26H2,1-14H3,(H,46,52)(H,45,47,53)(H,48,49,54,55). The molecule has 3 rings (SSSR count). The van der Waals surface area contributed by atoms with Crippen LogP contribution >= 0.6 is 0 Å². The number of guanidine groups is 2. The second-order valence-corrected chi connectivity index (χ2v) is 18.3. The highest BCUT2D eigenvalue weighted by molar-refractivity contribution is 6.04. The lowest BCUT2D eigenvalue weighted by molar-refractivity contribution is 0.0394. The van der Waals surface area contributed by atoms with Gasteiger partial charge in [0.25, 0.3) is 5.91 Å². The van der Waals surface area contributed by atoms with E-state index in [2.05, 4.69) is 25.9 Å². The molecule has 1 heterocycles. The van der Waals surface area contributed by atoms with Crippen LogP contribution in [-0.4, -0.2) is 101 Å². The van der Waals surface area contributed by atoms with Gasteiger partial charge in [0.05, 0.1) is 0 Å². The normalized spacial score (nSPS) is 14.0. The Morgan fingerprint density at radius 2 is 1.32 bits per heavy atom. The number of aliphatic imine (C=N–C) groups is 2. The van der Waals surface area contributed by atoms with Crippen LogP contribution in [-0.2, 0) is 25.4 Å². The van der Waals surface area contributed by atoms with Crippen molar-refractivity contribution >= 4 is 53.5 Å². The number of rotatable bonds is 6. The Hall–Kier alpha value is -5.93. The number of anilines is 1. The summed E-state index contributed by atoms with van der Waals surface area (Å²) in [6.07, 6.45) is -0.0171. The van der Waals surface area contributed by atoms with E-state index in [-0.39, 0.29) is 17.8 Å². The zero-order valence-electron chi connectivity index (χ0n) is 37.6. The molecule has 0 saturated carbocycles. The van der Waals surface area contributed by atoms with Crippen molar-refractivity contribution in [3.05, 3.63) is 70.8 Å². The number of aryl methyl sites for hydroxylation is 1. The average Bonchev–Trinajstić information content (AvgIpc) is 3.08. The minimum atomic E-state index is -0.855. The van der Waals surface area contributed by atoms with Crippen LogP contribution in [0.15, 0.2) is 58.5 Å². The summed E-state index contributed by atoms with van der Waals surface area (Å²) in [6.45, 7) is 23.9. The Labute approximate surface area is 354 Å². The van der Waals surface area contributed by atoms with Crippen molar-refractivity contribution in [1.29, 1.82) is 0 Å². The predicted octanol–water partition coefficient (Wildman–Crippen LogP) is 8.44. The molecule has 1 aliphatic rings. The van der Waals surface area contributed by atoms with E-state index in [4.69, 9.17) is 18.9 Å². The van der Waals surface area contributed by atoms with Gasteiger partial charge in [-0.1, -0.05) is 24.3 Å². The number of nitrogens with zero attached hydrogens (tertiary/aromatic N) is 4. The SMILES string of the molecule is Cc1cc(NC(=O)c2ccc(CCN/C(=N\C(=O)OC(C)(C)C)N(C)C(=O)OC(C)(C)C)cc2)ccc1C1=CCN(/C(=N/C(=O)OC(C)(C)C)NC(=O)OC(C)(C)C)CC1. The zero-order chi connectivity index (χ0) is 45.2.